The minimum Gasteiger partial charge on any atom is -0.395 e. The number of aliphatic hydroxyl groups excluding tert-OH is 1. The second kappa shape index (κ2) is 12.1. The van der Waals surface area contributed by atoms with E-state index in [4.69, 9.17) is 5.11 Å². The first-order valence-corrected chi connectivity index (χ1v) is 12.3. The normalized spacial score (nSPS) is 10.6. The molecule has 0 aliphatic heterocycles. The lowest BCUT2D eigenvalue weighted by atomic mass is 9.98. The second-order valence-electron chi connectivity index (χ2n) is 8.80. The summed E-state index contributed by atoms with van der Waals surface area (Å²) in [7, 11) is 1.57. The van der Waals surface area contributed by atoms with Crippen LogP contribution >= 0.6 is 0 Å². The number of hydrogen-bond acceptors (Lipinski definition) is 7. The van der Waals surface area contributed by atoms with Crippen LogP contribution < -0.4 is 21.3 Å². The summed E-state index contributed by atoms with van der Waals surface area (Å²) >= 11 is 0. The molecule has 4 aromatic rings. The molecule has 4 rings (SSSR count). The molecule has 9 nitrogen and oxygen atoms in total. The van der Waals surface area contributed by atoms with Gasteiger partial charge in [0.15, 0.2) is 0 Å². The summed E-state index contributed by atoms with van der Waals surface area (Å²) in [6.07, 6.45) is 1.60. The number of para-hydroxylation sites is 1. The van der Waals surface area contributed by atoms with Crippen LogP contribution in [0.3, 0.4) is 0 Å². The summed E-state index contributed by atoms with van der Waals surface area (Å²) in [4.78, 5) is 33.1. The number of benzene rings is 3. The lowest BCUT2D eigenvalue weighted by molar-refractivity contribution is 0.0942. The molecular weight excluding hydrogens is 499 g/mol. The number of aliphatic hydroxyl groups is 1. The van der Waals surface area contributed by atoms with Crippen molar-refractivity contribution in [3.63, 3.8) is 0 Å². The van der Waals surface area contributed by atoms with Crippen molar-refractivity contribution in [2.45, 2.75) is 13.8 Å². The predicted octanol–water partition coefficient (Wildman–Crippen LogP) is 4.47. The third-order valence-electron chi connectivity index (χ3n) is 6.04. The van der Waals surface area contributed by atoms with Gasteiger partial charge in [-0.05, 0) is 66.9 Å². The number of nitrogens with one attached hydrogen (secondary N) is 4. The quantitative estimate of drug-likeness (QED) is 0.217. The number of nitrogens with zero attached hydrogens (tertiary/aromatic N) is 2. The van der Waals surface area contributed by atoms with Crippen LogP contribution in [-0.4, -0.2) is 47.1 Å². The Morgan fingerprint density at radius 2 is 1.67 bits per heavy atom. The lowest BCUT2D eigenvalue weighted by Gasteiger charge is -2.15. The fourth-order valence-corrected chi connectivity index (χ4v) is 3.97. The van der Waals surface area contributed by atoms with E-state index in [1.54, 1.807) is 67.8 Å². The number of aryl methyl sites for hydroxylation is 2. The van der Waals surface area contributed by atoms with Crippen molar-refractivity contribution in [1.29, 1.82) is 0 Å². The van der Waals surface area contributed by atoms with Crippen molar-refractivity contribution in [2.75, 3.05) is 30.8 Å². The molecule has 0 unspecified atom stereocenters. The molecule has 0 atom stereocenters. The maximum Gasteiger partial charge on any atom is 0.253 e. The number of hydrogen-bond donors (Lipinski definition) is 5. The number of aromatic nitrogens is 2. The fourth-order valence-electron chi connectivity index (χ4n) is 3.97. The summed E-state index contributed by atoms with van der Waals surface area (Å²) in [5.41, 5.74) is 4.66. The molecule has 39 heavy (non-hydrogen) atoms. The number of carbonyl (C=O) groups excluding carboxylic acids is 2. The van der Waals surface area contributed by atoms with Crippen molar-refractivity contribution in [3.05, 3.63) is 94.9 Å². The molecular formula is C29H29FN6O3. The van der Waals surface area contributed by atoms with Crippen molar-refractivity contribution >= 4 is 35.0 Å². The molecule has 3 aromatic carbocycles. The largest absolute Gasteiger partial charge is 0.395 e. The smallest absolute Gasteiger partial charge is 0.253 e. The zero-order valence-corrected chi connectivity index (χ0v) is 21.8. The Kier molecular flexibility index (Phi) is 8.47. The molecule has 5 N–H and O–H groups in total. The van der Waals surface area contributed by atoms with Gasteiger partial charge in [-0.25, -0.2) is 9.37 Å². The van der Waals surface area contributed by atoms with Gasteiger partial charge in [-0.15, -0.1) is 0 Å². The molecule has 0 radical (unpaired) electrons. The number of amides is 2. The maximum atomic E-state index is 15.2. The SMILES string of the molecule is CNC(=O)c1ccc(-c2cc(F)c(Nc3ncc(C)c(Nc4ccccc4C(=O)NCCO)n3)cc2C)cc1. The van der Waals surface area contributed by atoms with E-state index in [0.29, 0.717) is 28.2 Å². The topological polar surface area (TPSA) is 128 Å². The van der Waals surface area contributed by atoms with Crippen molar-refractivity contribution in [3.8, 4) is 11.1 Å². The van der Waals surface area contributed by atoms with Gasteiger partial charge in [0.25, 0.3) is 11.8 Å². The summed E-state index contributed by atoms with van der Waals surface area (Å²) in [5, 5.41) is 20.3. The van der Waals surface area contributed by atoms with Gasteiger partial charge in [0.2, 0.25) is 5.95 Å². The Bertz CT molecular complexity index is 1510. The van der Waals surface area contributed by atoms with Gasteiger partial charge < -0.3 is 26.4 Å². The zero-order valence-electron chi connectivity index (χ0n) is 21.8. The minimum absolute atomic E-state index is 0.138. The minimum atomic E-state index is -0.490. The van der Waals surface area contributed by atoms with E-state index in [9.17, 15) is 9.59 Å². The summed E-state index contributed by atoms with van der Waals surface area (Å²) in [5.74, 6) is -0.399. The van der Waals surface area contributed by atoms with Crippen LogP contribution in [0, 0.1) is 19.7 Å². The van der Waals surface area contributed by atoms with E-state index in [0.717, 1.165) is 16.7 Å². The van der Waals surface area contributed by atoms with Crippen LogP contribution in [0.25, 0.3) is 11.1 Å². The summed E-state index contributed by atoms with van der Waals surface area (Å²) < 4.78 is 15.2. The van der Waals surface area contributed by atoms with Crippen LogP contribution in [0.2, 0.25) is 0 Å². The summed E-state index contributed by atoms with van der Waals surface area (Å²) in [6.45, 7) is 3.66. The monoisotopic (exact) mass is 528 g/mol. The lowest BCUT2D eigenvalue weighted by Crippen LogP contribution is -2.27. The molecule has 0 aliphatic rings. The molecule has 1 heterocycles. The molecule has 0 aliphatic carbocycles. The maximum absolute atomic E-state index is 15.2. The van der Waals surface area contributed by atoms with Gasteiger partial charge in [-0.2, -0.15) is 4.98 Å². The highest BCUT2D eigenvalue weighted by Crippen LogP contribution is 2.30. The molecule has 0 spiro atoms. The van der Waals surface area contributed by atoms with Crippen LogP contribution in [0.15, 0.2) is 66.9 Å². The number of halogens is 1. The highest BCUT2D eigenvalue weighted by atomic mass is 19.1. The average molecular weight is 529 g/mol. The Morgan fingerprint density at radius 1 is 0.923 bits per heavy atom. The Morgan fingerprint density at radius 3 is 2.38 bits per heavy atom. The average Bonchev–Trinajstić information content (AvgIpc) is 2.95. The van der Waals surface area contributed by atoms with Crippen LogP contribution in [0.5, 0.6) is 0 Å². The third-order valence-corrected chi connectivity index (χ3v) is 6.04. The molecule has 1 aromatic heterocycles. The molecule has 0 bridgehead atoms. The van der Waals surface area contributed by atoms with Gasteiger partial charge in [0.05, 0.1) is 23.5 Å². The highest BCUT2D eigenvalue weighted by molar-refractivity contribution is 6.00. The first-order chi connectivity index (χ1) is 18.8. The predicted molar refractivity (Wildman–Crippen MR) is 149 cm³/mol. The highest BCUT2D eigenvalue weighted by Gasteiger charge is 2.15. The van der Waals surface area contributed by atoms with E-state index in [1.165, 1.54) is 6.07 Å². The standard InChI is InChI=1S/C29H29FN6O3/c1-17-14-25(23(30)15-22(17)19-8-10-20(11-9-19)27(38)31-3)35-29-33-16-18(2)26(36-29)34-24-7-5-4-6-21(24)28(39)32-12-13-37/h4-11,14-16,37H,12-13H2,1-3H3,(H,31,38)(H,32,39)(H2,33,34,35,36). The third kappa shape index (κ3) is 6.36. The first-order valence-electron chi connectivity index (χ1n) is 12.3. The molecule has 0 saturated heterocycles. The van der Waals surface area contributed by atoms with Crippen molar-refractivity contribution in [1.82, 2.24) is 20.6 Å². The molecule has 0 saturated carbocycles. The van der Waals surface area contributed by atoms with Crippen molar-refractivity contribution in [2.24, 2.45) is 0 Å². The number of anilines is 4. The Balaban J connectivity index is 1.57. The number of carbonyl (C=O) groups is 2. The van der Waals surface area contributed by atoms with Gasteiger partial charge in [-0.3, -0.25) is 9.59 Å². The van der Waals surface area contributed by atoms with Gasteiger partial charge in [-0.1, -0.05) is 24.3 Å². The molecule has 2 amide bonds. The summed E-state index contributed by atoms with van der Waals surface area (Å²) in [6, 6.07) is 17.0. The Hall–Kier alpha value is -4.83. The van der Waals surface area contributed by atoms with Crippen LogP contribution in [0.4, 0.5) is 27.5 Å². The second-order valence-corrected chi connectivity index (χ2v) is 8.80. The van der Waals surface area contributed by atoms with E-state index in [-0.39, 0.29) is 36.6 Å². The van der Waals surface area contributed by atoms with Gasteiger partial charge in [0, 0.05) is 30.9 Å². The van der Waals surface area contributed by atoms with Crippen LogP contribution in [-0.2, 0) is 0 Å². The Labute approximate surface area is 225 Å². The van der Waals surface area contributed by atoms with Crippen molar-refractivity contribution < 1.29 is 19.1 Å². The van der Waals surface area contributed by atoms with E-state index < -0.39 is 5.82 Å². The molecule has 200 valence electrons. The van der Waals surface area contributed by atoms with Gasteiger partial charge in [0.1, 0.15) is 11.6 Å². The zero-order chi connectivity index (χ0) is 27.9. The first kappa shape index (κ1) is 27.2. The molecule has 0 fully saturated rings. The number of rotatable bonds is 9. The van der Waals surface area contributed by atoms with E-state index >= 15 is 4.39 Å². The van der Waals surface area contributed by atoms with E-state index in [2.05, 4.69) is 31.2 Å². The molecule has 10 heteroatoms. The van der Waals surface area contributed by atoms with Crippen LogP contribution in [0.1, 0.15) is 31.8 Å². The van der Waals surface area contributed by atoms with Gasteiger partial charge >= 0.3 is 0 Å². The van der Waals surface area contributed by atoms with E-state index in [1.807, 2.05) is 13.8 Å². The fraction of sp³-hybridized carbons (Fsp3) is 0.172.